The van der Waals surface area contributed by atoms with Gasteiger partial charge in [-0.3, -0.25) is 4.79 Å². The first kappa shape index (κ1) is 13.1. The minimum atomic E-state index is -0.275. The Morgan fingerprint density at radius 1 is 1.32 bits per heavy atom. The quantitative estimate of drug-likeness (QED) is 0.928. The van der Waals surface area contributed by atoms with Crippen molar-refractivity contribution in [3.05, 3.63) is 21.9 Å². The molecule has 102 valence electrons. The second-order valence-electron chi connectivity index (χ2n) is 4.91. The zero-order valence-corrected chi connectivity index (χ0v) is 11.6. The summed E-state index contributed by atoms with van der Waals surface area (Å²) < 4.78 is 5.68. The summed E-state index contributed by atoms with van der Waals surface area (Å²) >= 11 is 11.6. The zero-order chi connectivity index (χ0) is 13.4. The molecule has 0 spiro atoms. The molecule has 1 amide bonds. The maximum Gasteiger partial charge on any atom is 0.254 e. The van der Waals surface area contributed by atoms with Gasteiger partial charge < -0.3 is 10.1 Å². The lowest BCUT2D eigenvalue weighted by Crippen LogP contribution is -2.41. The van der Waals surface area contributed by atoms with Crippen LogP contribution in [-0.4, -0.2) is 34.9 Å². The number of hydrogen-bond acceptors (Lipinski definition) is 4. The lowest BCUT2D eigenvalue weighted by atomic mass is 10.1. The van der Waals surface area contributed by atoms with Gasteiger partial charge in [-0.2, -0.15) is 0 Å². The fraction of sp³-hybridized carbons (Fsp3) is 0.583. The highest BCUT2D eigenvalue weighted by molar-refractivity contribution is 6.34. The molecule has 2 heterocycles. The standard InChI is InChI=1S/C12H13Cl2N3O2/c13-9-5-7(11(14)17-16-9)12(18)15-8-3-4-19-10(8)6-1-2-6/h5-6,8,10H,1-4H2,(H,15,18). The predicted molar refractivity (Wildman–Crippen MR) is 70.4 cm³/mol. The van der Waals surface area contributed by atoms with Gasteiger partial charge in [0, 0.05) is 6.61 Å². The van der Waals surface area contributed by atoms with Crippen molar-refractivity contribution in [2.45, 2.75) is 31.4 Å². The summed E-state index contributed by atoms with van der Waals surface area (Å²) in [5.41, 5.74) is 0.253. The summed E-state index contributed by atoms with van der Waals surface area (Å²) in [7, 11) is 0. The normalized spacial score (nSPS) is 26.4. The van der Waals surface area contributed by atoms with Crippen LogP contribution < -0.4 is 5.32 Å². The Balaban J connectivity index is 1.72. The van der Waals surface area contributed by atoms with Gasteiger partial charge in [0.15, 0.2) is 10.3 Å². The molecule has 1 aromatic rings. The minimum absolute atomic E-state index is 0.0445. The Morgan fingerprint density at radius 2 is 2.11 bits per heavy atom. The van der Waals surface area contributed by atoms with Crippen molar-refractivity contribution < 1.29 is 9.53 Å². The average Bonchev–Trinajstić information content (AvgIpc) is 3.13. The van der Waals surface area contributed by atoms with E-state index in [1.165, 1.54) is 18.9 Å². The summed E-state index contributed by atoms with van der Waals surface area (Å²) in [6.07, 6.45) is 3.32. The first-order valence-electron chi connectivity index (χ1n) is 6.26. The summed E-state index contributed by atoms with van der Waals surface area (Å²) in [5.74, 6) is 0.311. The molecule has 7 heteroatoms. The molecule has 1 N–H and O–H groups in total. The van der Waals surface area contributed by atoms with Gasteiger partial charge in [0.25, 0.3) is 5.91 Å². The molecule has 1 saturated carbocycles. The highest BCUT2D eigenvalue weighted by Gasteiger charge is 2.41. The third-order valence-corrected chi connectivity index (χ3v) is 3.97. The summed E-state index contributed by atoms with van der Waals surface area (Å²) in [4.78, 5) is 12.2. The number of halogens is 2. The van der Waals surface area contributed by atoms with Gasteiger partial charge in [0.1, 0.15) is 0 Å². The van der Waals surface area contributed by atoms with Gasteiger partial charge in [0.2, 0.25) is 0 Å². The second-order valence-corrected chi connectivity index (χ2v) is 5.66. The number of carbonyl (C=O) groups is 1. The highest BCUT2D eigenvalue weighted by atomic mass is 35.5. The largest absolute Gasteiger partial charge is 0.376 e. The molecule has 1 aliphatic carbocycles. The number of rotatable bonds is 3. The van der Waals surface area contributed by atoms with Crippen LogP contribution in [0.3, 0.4) is 0 Å². The average molecular weight is 302 g/mol. The monoisotopic (exact) mass is 301 g/mol. The fourth-order valence-electron chi connectivity index (χ4n) is 2.41. The van der Waals surface area contributed by atoms with Gasteiger partial charge in [-0.15, -0.1) is 10.2 Å². The number of nitrogens with one attached hydrogen (secondary N) is 1. The van der Waals surface area contributed by atoms with Gasteiger partial charge in [-0.25, -0.2) is 0 Å². The minimum Gasteiger partial charge on any atom is -0.376 e. The Hall–Kier alpha value is -0.910. The van der Waals surface area contributed by atoms with Gasteiger partial charge in [-0.05, 0) is 31.2 Å². The number of nitrogens with zero attached hydrogens (tertiary/aromatic N) is 2. The van der Waals surface area contributed by atoms with Crippen LogP contribution in [0.4, 0.5) is 0 Å². The Morgan fingerprint density at radius 3 is 2.84 bits per heavy atom. The van der Waals surface area contributed by atoms with Crippen LogP contribution in [0, 0.1) is 5.92 Å². The molecule has 5 nitrogen and oxygen atoms in total. The summed E-state index contributed by atoms with van der Waals surface area (Å²) in [6.45, 7) is 0.690. The third-order valence-electron chi connectivity index (χ3n) is 3.50. The van der Waals surface area contributed by atoms with E-state index < -0.39 is 0 Å². The van der Waals surface area contributed by atoms with E-state index in [4.69, 9.17) is 27.9 Å². The van der Waals surface area contributed by atoms with Crippen LogP contribution >= 0.6 is 23.2 Å². The van der Waals surface area contributed by atoms with Crippen molar-refractivity contribution in [1.82, 2.24) is 15.5 Å². The van der Waals surface area contributed by atoms with E-state index in [0.29, 0.717) is 12.5 Å². The van der Waals surface area contributed by atoms with E-state index in [9.17, 15) is 4.79 Å². The van der Waals surface area contributed by atoms with Crippen LogP contribution in [0.2, 0.25) is 10.3 Å². The van der Waals surface area contributed by atoms with E-state index in [2.05, 4.69) is 15.5 Å². The number of amides is 1. The molecule has 1 aliphatic heterocycles. The van der Waals surface area contributed by atoms with Crippen molar-refractivity contribution >= 4 is 29.1 Å². The molecule has 0 bridgehead atoms. The third kappa shape index (κ3) is 2.83. The maximum atomic E-state index is 12.2. The van der Waals surface area contributed by atoms with Gasteiger partial charge in [-0.1, -0.05) is 23.2 Å². The molecule has 3 rings (SSSR count). The molecule has 19 heavy (non-hydrogen) atoms. The van der Waals surface area contributed by atoms with Gasteiger partial charge in [0.05, 0.1) is 17.7 Å². The number of carbonyl (C=O) groups excluding carboxylic acids is 1. The van der Waals surface area contributed by atoms with E-state index >= 15 is 0 Å². The maximum absolute atomic E-state index is 12.2. The number of aromatic nitrogens is 2. The molecule has 1 saturated heterocycles. The summed E-state index contributed by atoms with van der Waals surface area (Å²) in [5, 5.41) is 10.4. The van der Waals surface area contributed by atoms with Crippen molar-refractivity contribution in [3.8, 4) is 0 Å². The van der Waals surface area contributed by atoms with Crippen LogP contribution in [-0.2, 0) is 4.74 Å². The smallest absolute Gasteiger partial charge is 0.254 e. The van der Waals surface area contributed by atoms with E-state index in [-0.39, 0.29) is 33.9 Å². The Labute approximate surface area is 120 Å². The van der Waals surface area contributed by atoms with E-state index in [0.717, 1.165) is 6.42 Å². The van der Waals surface area contributed by atoms with Crippen molar-refractivity contribution in [1.29, 1.82) is 0 Å². The van der Waals surface area contributed by atoms with Crippen molar-refractivity contribution in [2.75, 3.05) is 6.61 Å². The molecule has 2 aliphatic rings. The predicted octanol–water partition coefficient (Wildman–Crippen LogP) is 2.08. The SMILES string of the molecule is O=C(NC1CCOC1C1CC1)c1cc(Cl)nnc1Cl. The molecule has 2 unspecified atom stereocenters. The lowest BCUT2D eigenvalue weighted by Gasteiger charge is -2.19. The molecular formula is C12H13Cl2N3O2. The first-order chi connectivity index (χ1) is 9.15. The van der Waals surface area contributed by atoms with E-state index in [1.54, 1.807) is 0 Å². The number of ether oxygens (including phenoxy) is 1. The Bertz CT molecular complexity index is 508. The number of hydrogen-bond donors (Lipinski definition) is 1. The lowest BCUT2D eigenvalue weighted by molar-refractivity contribution is 0.0729. The zero-order valence-electron chi connectivity index (χ0n) is 10.1. The first-order valence-corrected chi connectivity index (χ1v) is 7.02. The fourth-order valence-corrected chi connectivity index (χ4v) is 2.74. The Kier molecular flexibility index (Phi) is 3.60. The van der Waals surface area contributed by atoms with E-state index in [1.807, 2.05) is 0 Å². The van der Waals surface area contributed by atoms with Crippen LogP contribution in [0.15, 0.2) is 6.07 Å². The topological polar surface area (TPSA) is 64.1 Å². The van der Waals surface area contributed by atoms with Crippen molar-refractivity contribution in [3.63, 3.8) is 0 Å². The second kappa shape index (κ2) is 5.23. The molecule has 1 aromatic heterocycles. The molecule has 2 atom stereocenters. The van der Waals surface area contributed by atoms with Crippen LogP contribution in [0.5, 0.6) is 0 Å². The van der Waals surface area contributed by atoms with Crippen LogP contribution in [0.25, 0.3) is 0 Å². The van der Waals surface area contributed by atoms with Crippen LogP contribution in [0.1, 0.15) is 29.6 Å². The molecule has 2 fully saturated rings. The van der Waals surface area contributed by atoms with Gasteiger partial charge >= 0.3 is 0 Å². The molecule has 0 radical (unpaired) electrons. The highest BCUT2D eigenvalue weighted by Crippen LogP contribution is 2.38. The molecule has 0 aromatic carbocycles. The molecular weight excluding hydrogens is 289 g/mol. The summed E-state index contributed by atoms with van der Waals surface area (Å²) in [6, 6.07) is 1.47. The van der Waals surface area contributed by atoms with Crippen molar-refractivity contribution in [2.24, 2.45) is 5.92 Å².